The van der Waals surface area contributed by atoms with E-state index in [1.54, 1.807) is 0 Å². The van der Waals surface area contributed by atoms with E-state index in [0.29, 0.717) is 5.95 Å². The van der Waals surface area contributed by atoms with Gasteiger partial charge in [-0.2, -0.15) is 0 Å². The zero-order valence-corrected chi connectivity index (χ0v) is 33.8. The van der Waals surface area contributed by atoms with Crippen LogP contribution in [0.4, 0.5) is 0 Å². The third-order valence-corrected chi connectivity index (χ3v) is 13.3. The van der Waals surface area contributed by atoms with Crippen molar-refractivity contribution in [3.63, 3.8) is 0 Å². The molecular formula is C57H38N4. The molecule has 13 rings (SSSR count). The molecular weight excluding hydrogens is 741 g/mol. The van der Waals surface area contributed by atoms with E-state index in [2.05, 4.69) is 217 Å². The van der Waals surface area contributed by atoms with Gasteiger partial charge in [0.25, 0.3) is 0 Å². The quantitative estimate of drug-likeness (QED) is 0.167. The minimum atomic E-state index is -0.0796. The zero-order chi connectivity index (χ0) is 40.4. The van der Waals surface area contributed by atoms with Crippen LogP contribution in [0.25, 0.3) is 110 Å². The van der Waals surface area contributed by atoms with Gasteiger partial charge in [0.15, 0.2) is 0 Å². The smallest absolute Gasteiger partial charge is 0.235 e. The maximum atomic E-state index is 5.60. The Labute approximate surface area is 352 Å². The fraction of sp³-hybridized carbons (Fsp3) is 0.0526. The summed E-state index contributed by atoms with van der Waals surface area (Å²) in [5.74, 6) is 0.657. The Morgan fingerprint density at radius 2 is 1.05 bits per heavy atom. The standard InChI is InChI=1S/C57H38N4/c1-57(2)47-23-11-8-19-41(47)45-34-37(28-31-48(45)57)54-44-30-27-35-15-6-7-18-40(35)55(44)59-56(58-54)61-50-25-13-10-21-43(50)53-39(22-14-26-52(53)61)36-29-32-51-46(33-36)42-20-9-12-24-49(42)60(51)38-16-4-3-5-17-38/h3-34H,1-2H3. The average molecular weight is 779 g/mol. The molecule has 0 aliphatic heterocycles. The fourth-order valence-electron chi connectivity index (χ4n) is 10.5. The highest BCUT2D eigenvalue weighted by molar-refractivity contribution is 6.18. The van der Waals surface area contributed by atoms with Crippen molar-refractivity contribution >= 4 is 65.3 Å². The number of para-hydroxylation sites is 3. The summed E-state index contributed by atoms with van der Waals surface area (Å²) in [5.41, 5.74) is 16.2. The van der Waals surface area contributed by atoms with E-state index in [1.807, 2.05) is 0 Å². The first-order valence-electron chi connectivity index (χ1n) is 21.1. The molecule has 0 fully saturated rings. The van der Waals surface area contributed by atoms with E-state index in [1.165, 1.54) is 66.0 Å². The highest BCUT2D eigenvalue weighted by Crippen LogP contribution is 2.50. The van der Waals surface area contributed by atoms with Crippen molar-refractivity contribution in [3.8, 4) is 45.1 Å². The molecule has 0 saturated carbocycles. The molecule has 0 radical (unpaired) electrons. The summed E-state index contributed by atoms with van der Waals surface area (Å²) in [6.45, 7) is 4.67. The van der Waals surface area contributed by atoms with E-state index in [9.17, 15) is 0 Å². The average Bonchev–Trinajstić information content (AvgIpc) is 3.91. The molecule has 286 valence electrons. The molecule has 9 aromatic carbocycles. The van der Waals surface area contributed by atoms with Gasteiger partial charge in [-0.1, -0.05) is 153 Å². The normalized spacial score (nSPS) is 13.2. The first-order chi connectivity index (χ1) is 30.0. The predicted molar refractivity (Wildman–Crippen MR) is 254 cm³/mol. The van der Waals surface area contributed by atoms with Crippen LogP contribution in [0.15, 0.2) is 194 Å². The Balaban J connectivity index is 1.07. The summed E-state index contributed by atoms with van der Waals surface area (Å²) < 4.78 is 4.66. The lowest BCUT2D eigenvalue weighted by atomic mass is 9.82. The maximum Gasteiger partial charge on any atom is 0.235 e. The van der Waals surface area contributed by atoms with Crippen molar-refractivity contribution in [2.75, 3.05) is 0 Å². The third kappa shape index (κ3) is 4.82. The first-order valence-corrected chi connectivity index (χ1v) is 21.1. The van der Waals surface area contributed by atoms with Crippen LogP contribution in [0.5, 0.6) is 0 Å². The van der Waals surface area contributed by atoms with E-state index in [4.69, 9.17) is 9.97 Å². The molecule has 12 aromatic rings. The summed E-state index contributed by atoms with van der Waals surface area (Å²) >= 11 is 0. The molecule has 61 heavy (non-hydrogen) atoms. The lowest BCUT2D eigenvalue weighted by molar-refractivity contribution is 0.660. The second-order valence-electron chi connectivity index (χ2n) is 17.0. The molecule has 0 amide bonds. The summed E-state index contributed by atoms with van der Waals surface area (Å²) in [4.78, 5) is 11.1. The van der Waals surface area contributed by atoms with Gasteiger partial charge in [0, 0.05) is 49.0 Å². The molecule has 3 aromatic heterocycles. The Hall–Kier alpha value is -7.82. The number of hydrogen-bond donors (Lipinski definition) is 0. The van der Waals surface area contributed by atoms with Crippen LogP contribution >= 0.6 is 0 Å². The molecule has 3 heterocycles. The third-order valence-electron chi connectivity index (χ3n) is 13.3. The van der Waals surface area contributed by atoms with E-state index >= 15 is 0 Å². The molecule has 4 nitrogen and oxygen atoms in total. The van der Waals surface area contributed by atoms with Gasteiger partial charge in [-0.15, -0.1) is 0 Å². The molecule has 0 saturated heterocycles. The molecule has 4 heteroatoms. The van der Waals surface area contributed by atoms with Gasteiger partial charge in [-0.3, -0.25) is 4.57 Å². The SMILES string of the molecule is CC1(C)c2ccccc2-c2cc(-c3nc(-n4c5ccccc5c5c(-c6ccc7c(c6)c6ccccc6n7-c6ccccc6)cccc54)nc4c3ccc3ccccc34)ccc21. The Kier molecular flexibility index (Phi) is 7.04. The predicted octanol–water partition coefficient (Wildman–Crippen LogP) is 14.6. The first kappa shape index (κ1) is 34.1. The maximum absolute atomic E-state index is 5.60. The topological polar surface area (TPSA) is 35.6 Å². The lowest BCUT2D eigenvalue weighted by Crippen LogP contribution is -2.14. The zero-order valence-electron chi connectivity index (χ0n) is 33.8. The highest BCUT2D eigenvalue weighted by atomic mass is 15.2. The van der Waals surface area contributed by atoms with Crippen LogP contribution in [0.3, 0.4) is 0 Å². The minimum Gasteiger partial charge on any atom is -0.309 e. The Morgan fingerprint density at radius 3 is 1.92 bits per heavy atom. The van der Waals surface area contributed by atoms with Gasteiger partial charge < -0.3 is 4.57 Å². The minimum absolute atomic E-state index is 0.0796. The van der Waals surface area contributed by atoms with Crippen molar-refractivity contribution < 1.29 is 0 Å². The molecule has 1 aliphatic rings. The fourth-order valence-corrected chi connectivity index (χ4v) is 10.5. The summed E-state index contributed by atoms with van der Waals surface area (Å²) in [5, 5.41) is 8.12. The van der Waals surface area contributed by atoms with Gasteiger partial charge in [-0.25, -0.2) is 9.97 Å². The second kappa shape index (κ2) is 12.6. The molecule has 1 aliphatic carbocycles. The monoisotopic (exact) mass is 778 g/mol. The lowest BCUT2D eigenvalue weighted by Gasteiger charge is -2.21. The molecule has 0 bridgehead atoms. The molecule has 0 atom stereocenters. The highest BCUT2D eigenvalue weighted by Gasteiger charge is 2.35. The molecule has 0 unspecified atom stereocenters. The number of nitrogens with zero attached hydrogens (tertiary/aromatic N) is 4. The van der Waals surface area contributed by atoms with Gasteiger partial charge in [0.1, 0.15) is 0 Å². The van der Waals surface area contributed by atoms with Crippen LogP contribution in [-0.2, 0) is 5.41 Å². The van der Waals surface area contributed by atoms with Gasteiger partial charge >= 0.3 is 0 Å². The van der Waals surface area contributed by atoms with E-state index in [0.717, 1.165) is 49.7 Å². The van der Waals surface area contributed by atoms with Crippen LogP contribution in [-0.4, -0.2) is 19.1 Å². The number of hydrogen-bond acceptors (Lipinski definition) is 2. The van der Waals surface area contributed by atoms with Gasteiger partial charge in [-0.05, 0) is 93.4 Å². The molecule has 0 N–H and O–H groups in total. The number of fused-ring (bicyclic) bond motifs is 12. The van der Waals surface area contributed by atoms with E-state index in [-0.39, 0.29) is 5.41 Å². The van der Waals surface area contributed by atoms with Crippen LogP contribution in [0.1, 0.15) is 25.0 Å². The number of aromatic nitrogens is 4. The van der Waals surface area contributed by atoms with Gasteiger partial charge in [0.2, 0.25) is 5.95 Å². The summed E-state index contributed by atoms with van der Waals surface area (Å²) in [6.07, 6.45) is 0. The van der Waals surface area contributed by atoms with Crippen LogP contribution in [0, 0.1) is 0 Å². The second-order valence-corrected chi connectivity index (χ2v) is 17.0. The van der Waals surface area contributed by atoms with Crippen molar-refractivity contribution in [1.29, 1.82) is 0 Å². The summed E-state index contributed by atoms with van der Waals surface area (Å²) in [7, 11) is 0. The number of benzene rings is 9. The van der Waals surface area contributed by atoms with Crippen LogP contribution < -0.4 is 0 Å². The van der Waals surface area contributed by atoms with E-state index < -0.39 is 0 Å². The van der Waals surface area contributed by atoms with Gasteiger partial charge in [0.05, 0.1) is 33.3 Å². The van der Waals surface area contributed by atoms with Crippen molar-refractivity contribution in [1.82, 2.24) is 19.1 Å². The van der Waals surface area contributed by atoms with Crippen molar-refractivity contribution in [2.24, 2.45) is 0 Å². The molecule has 0 spiro atoms. The number of rotatable bonds is 4. The Morgan fingerprint density at radius 1 is 0.393 bits per heavy atom. The van der Waals surface area contributed by atoms with Crippen LogP contribution in [0.2, 0.25) is 0 Å². The summed E-state index contributed by atoms with van der Waals surface area (Å²) in [6, 6.07) is 70.5. The van der Waals surface area contributed by atoms with Crippen molar-refractivity contribution in [3.05, 3.63) is 205 Å². The van der Waals surface area contributed by atoms with Crippen molar-refractivity contribution in [2.45, 2.75) is 19.3 Å². The largest absolute Gasteiger partial charge is 0.309 e. The Bertz CT molecular complexity index is 3790.